The summed E-state index contributed by atoms with van der Waals surface area (Å²) in [7, 11) is 0. The molecule has 1 saturated heterocycles. The lowest BCUT2D eigenvalue weighted by Gasteiger charge is -2.22. The van der Waals surface area contributed by atoms with Crippen LogP contribution in [-0.4, -0.2) is 42.4 Å². The molecule has 0 radical (unpaired) electrons. The van der Waals surface area contributed by atoms with Gasteiger partial charge in [-0.25, -0.2) is 0 Å². The van der Waals surface area contributed by atoms with Crippen molar-refractivity contribution in [2.75, 3.05) is 31.6 Å². The lowest BCUT2D eigenvalue weighted by Crippen LogP contribution is -2.25. The Morgan fingerprint density at radius 3 is 3.00 bits per heavy atom. The Balaban J connectivity index is 1.82. The highest BCUT2D eigenvalue weighted by molar-refractivity contribution is 5.92. The molecule has 0 saturated carbocycles. The van der Waals surface area contributed by atoms with E-state index in [4.69, 9.17) is 4.74 Å². The number of anilines is 1. The maximum absolute atomic E-state index is 11.5. The maximum Gasteiger partial charge on any atom is 0.271 e. The number of carbonyl (C=O) groups is 1. The number of carbonyl (C=O) groups excluding carboxylic acids is 1. The molecule has 1 unspecified atom stereocenters. The third-order valence-electron chi connectivity index (χ3n) is 3.06. The van der Waals surface area contributed by atoms with Crippen LogP contribution in [0.2, 0.25) is 0 Å². The van der Waals surface area contributed by atoms with E-state index in [0.717, 1.165) is 26.2 Å². The SMILES string of the molecule is CCNC(=O)c1ccc(NCC2CCCOC2)nn1. The fourth-order valence-electron chi connectivity index (χ4n) is 2.02. The van der Waals surface area contributed by atoms with E-state index in [2.05, 4.69) is 20.8 Å². The van der Waals surface area contributed by atoms with Crippen LogP contribution in [-0.2, 0) is 4.74 Å². The monoisotopic (exact) mass is 264 g/mol. The summed E-state index contributed by atoms with van der Waals surface area (Å²) in [5, 5.41) is 13.8. The molecule has 6 heteroatoms. The van der Waals surface area contributed by atoms with E-state index in [9.17, 15) is 4.79 Å². The number of nitrogens with one attached hydrogen (secondary N) is 2. The zero-order chi connectivity index (χ0) is 13.5. The second-order valence-corrected chi connectivity index (χ2v) is 4.63. The zero-order valence-electron chi connectivity index (χ0n) is 11.2. The normalized spacial score (nSPS) is 18.9. The molecule has 6 nitrogen and oxygen atoms in total. The van der Waals surface area contributed by atoms with Crippen LogP contribution in [0.1, 0.15) is 30.3 Å². The Morgan fingerprint density at radius 1 is 1.47 bits per heavy atom. The number of nitrogens with zero attached hydrogens (tertiary/aromatic N) is 2. The zero-order valence-corrected chi connectivity index (χ0v) is 11.2. The number of hydrogen-bond donors (Lipinski definition) is 2. The van der Waals surface area contributed by atoms with Crippen LogP contribution in [0.3, 0.4) is 0 Å². The van der Waals surface area contributed by atoms with Crippen LogP contribution in [0, 0.1) is 5.92 Å². The number of aromatic nitrogens is 2. The molecule has 1 aromatic rings. The van der Waals surface area contributed by atoms with Crippen molar-refractivity contribution < 1.29 is 9.53 Å². The predicted octanol–water partition coefficient (Wildman–Crippen LogP) is 1.06. The lowest BCUT2D eigenvalue weighted by molar-refractivity contribution is 0.0595. The van der Waals surface area contributed by atoms with Crippen LogP contribution in [0.5, 0.6) is 0 Å². The summed E-state index contributed by atoms with van der Waals surface area (Å²) >= 11 is 0. The topological polar surface area (TPSA) is 76.1 Å². The van der Waals surface area contributed by atoms with Gasteiger partial charge >= 0.3 is 0 Å². The summed E-state index contributed by atoms with van der Waals surface area (Å²) < 4.78 is 5.42. The van der Waals surface area contributed by atoms with Gasteiger partial charge in [0.15, 0.2) is 5.69 Å². The smallest absolute Gasteiger partial charge is 0.271 e. The van der Waals surface area contributed by atoms with Crippen molar-refractivity contribution in [3.05, 3.63) is 17.8 Å². The number of ether oxygens (including phenoxy) is 1. The summed E-state index contributed by atoms with van der Waals surface area (Å²) in [6, 6.07) is 3.46. The average molecular weight is 264 g/mol. The van der Waals surface area contributed by atoms with Gasteiger partial charge in [0.05, 0.1) is 6.61 Å². The molecular weight excluding hydrogens is 244 g/mol. The van der Waals surface area contributed by atoms with E-state index < -0.39 is 0 Å². The van der Waals surface area contributed by atoms with Crippen LogP contribution >= 0.6 is 0 Å². The molecule has 2 heterocycles. The van der Waals surface area contributed by atoms with Gasteiger partial charge in [-0.1, -0.05) is 0 Å². The van der Waals surface area contributed by atoms with Crippen molar-refractivity contribution in [1.29, 1.82) is 0 Å². The minimum absolute atomic E-state index is 0.192. The Labute approximate surface area is 112 Å². The van der Waals surface area contributed by atoms with Gasteiger partial charge in [0, 0.05) is 19.7 Å². The largest absolute Gasteiger partial charge is 0.381 e. The molecule has 0 spiro atoms. The molecule has 104 valence electrons. The lowest BCUT2D eigenvalue weighted by atomic mass is 10.0. The van der Waals surface area contributed by atoms with Gasteiger partial charge in [-0.05, 0) is 37.8 Å². The van der Waals surface area contributed by atoms with E-state index in [1.54, 1.807) is 12.1 Å². The maximum atomic E-state index is 11.5. The van der Waals surface area contributed by atoms with E-state index >= 15 is 0 Å². The average Bonchev–Trinajstić information content (AvgIpc) is 2.47. The number of hydrogen-bond acceptors (Lipinski definition) is 5. The van der Waals surface area contributed by atoms with Crippen molar-refractivity contribution in [3.8, 4) is 0 Å². The van der Waals surface area contributed by atoms with Gasteiger partial charge in [-0.3, -0.25) is 4.79 Å². The van der Waals surface area contributed by atoms with E-state index in [1.807, 2.05) is 6.92 Å². The highest BCUT2D eigenvalue weighted by Gasteiger charge is 2.14. The minimum atomic E-state index is -0.192. The molecule has 0 aliphatic carbocycles. The van der Waals surface area contributed by atoms with Crippen molar-refractivity contribution in [2.24, 2.45) is 5.92 Å². The first kappa shape index (κ1) is 13.7. The Kier molecular flexibility index (Phi) is 5.09. The van der Waals surface area contributed by atoms with Crippen molar-refractivity contribution in [3.63, 3.8) is 0 Å². The first-order chi connectivity index (χ1) is 9.29. The third-order valence-corrected chi connectivity index (χ3v) is 3.06. The van der Waals surface area contributed by atoms with E-state index in [1.165, 1.54) is 6.42 Å². The molecule has 2 rings (SSSR count). The molecule has 2 N–H and O–H groups in total. The summed E-state index contributed by atoms with van der Waals surface area (Å²) in [6.07, 6.45) is 2.30. The third kappa shape index (κ3) is 4.17. The Bertz CT molecular complexity index is 402. The van der Waals surface area contributed by atoms with E-state index in [-0.39, 0.29) is 5.91 Å². The fraction of sp³-hybridized carbons (Fsp3) is 0.615. The second-order valence-electron chi connectivity index (χ2n) is 4.63. The van der Waals surface area contributed by atoms with Crippen LogP contribution < -0.4 is 10.6 Å². The predicted molar refractivity (Wildman–Crippen MR) is 72.1 cm³/mol. The summed E-state index contributed by atoms with van der Waals surface area (Å²) in [4.78, 5) is 11.5. The molecule has 0 aromatic carbocycles. The number of rotatable bonds is 5. The summed E-state index contributed by atoms with van der Waals surface area (Å²) in [5.41, 5.74) is 0.341. The molecule has 1 amide bonds. The molecule has 1 aliphatic heterocycles. The van der Waals surface area contributed by atoms with Gasteiger partial charge in [-0.15, -0.1) is 10.2 Å². The molecule has 19 heavy (non-hydrogen) atoms. The van der Waals surface area contributed by atoms with Crippen molar-refractivity contribution in [2.45, 2.75) is 19.8 Å². The first-order valence-electron chi connectivity index (χ1n) is 6.73. The minimum Gasteiger partial charge on any atom is -0.381 e. The molecule has 0 bridgehead atoms. The highest BCUT2D eigenvalue weighted by atomic mass is 16.5. The van der Waals surface area contributed by atoms with Gasteiger partial charge in [-0.2, -0.15) is 0 Å². The quantitative estimate of drug-likeness (QED) is 0.831. The first-order valence-corrected chi connectivity index (χ1v) is 6.73. The van der Waals surface area contributed by atoms with Crippen LogP contribution in [0.15, 0.2) is 12.1 Å². The van der Waals surface area contributed by atoms with Gasteiger partial charge in [0.25, 0.3) is 5.91 Å². The summed E-state index contributed by atoms with van der Waals surface area (Å²) in [6.45, 7) is 4.96. The molecule has 1 aromatic heterocycles. The molecule has 1 aliphatic rings. The molecule has 1 atom stereocenters. The van der Waals surface area contributed by atoms with Crippen LogP contribution in [0.4, 0.5) is 5.82 Å². The fourth-order valence-corrected chi connectivity index (χ4v) is 2.02. The standard InChI is InChI=1S/C13H20N4O2/c1-2-14-13(18)11-5-6-12(17-16-11)15-8-10-4-3-7-19-9-10/h5-6,10H,2-4,7-9H2,1H3,(H,14,18)(H,15,17). The van der Waals surface area contributed by atoms with Crippen molar-refractivity contribution in [1.82, 2.24) is 15.5 Å². The van der Waals surface area contributed by atoms with Crippen LogP contribution in [0.25, 0.3) is 0 Å². The van der Waals surface area contributed by atoms with Gasteiger partial charge < -0.3 is 15.4 Å². The Morgan fingerprint density at radius 2 is 2.37 bits per heavy atom. The van der Waals surface area contributed by atoms with Crippen molar-refractivity contribution >= 4 is 11.7 Å². The Hall–Kier alpha value is -1.69. The van der Waals surface area contributed by atoms with Gasteiger partial charge in [0.1, 0.15) is 5.82 Å². The van der Waals surface area contributed by atoms with E-state index in [0.29, 0.717) is 24.0 Å². The molecular formula is C13H20N4O2. The van der Waals surface area contributed by atoms with Gasteiger partial charge in [0.2, 0.25) is 0 Å². The highest BCUT2D eigenvalue weighted by Crippen LogP contribution is 2.14. The number of amides is 1. The molecule has 1 fully saturated rings. The second kappa shape index (κ2) is 7.04. The summed E-state index contributed by atoms with van der Waals surface area (Å²) in [5.74, 6) is 1.03.